The Kier molecular flexibility index (Phi) is 3.14. The van der Waals surface area contributed by atoms with Crippen LogP contribution in [0.4, 0.5) is 0 Å². The van der Waals surface area contributed by atoms with Crippen molar-refractivity contribution in [1.29, 1.82) is 0 Å². The summed E-state index contributed by atoms with van der Waals surface area (Å²) in [6, 6.07) is 3.42. The van der Waals surface area contributed by atoms with Crippen LogP contribution in [0.1, 0.15) is 25.5 Å². The van der Waals surface area contributed by atoms with E-state index >= 15 is 0 Å². The topological polar surface area (TPSA) is 50.2 Å². The average molecular weight is 179 g/mol. The summed E-state index contributed by atoms with van der Waals surface area (Å²) < 4.78 is 0. The second-order valence-electron chi connectivity index (χ2n) is 3.12. The molecule has 0 saturated heterocycles. The fourth-order valence-corrected chi connectivity index (χ4v) is 1.07. The van der Waals surface area contributed by atoms with E-state index in [1.54, 1.807) is 31.5 Å². The second-order valence-corrected chi connectivity index (χ2v) is 3.12. The fraction of sp³-hybridized carbons (Fsp3) is 0.400. The molecule has 3 nitrogen and oxygen atoms in total. The van der Waals surface area contributed by atoms with Gasteiger partial charge in [-0.2, -0.15) is 0 Å². The van der Waals surface area contributed by atoms with Gasteiger partial charge in [-0.15, -0.1) is 0 Å². The summed E-state index contributed by atoms with van der Waals surface area (Å²) in [5.41, 5.74) is 0.734. The summed E-state index contributed by atoms with van der Waals surface area (Å²) >= 11 is 0. The van der Waals surface area contributed by atoms with Crippen molar-refractivity contribution >= 4 is 5.78 Å². The van der Waals surface area contributed by atoms with Gasteiger partial charge >= 0.3 is 0 Å². The summed E-state index contributed by atoms with van der Waals surface area (Å²) in [4.78, 5) is 14.8. The van der Waals surface area contributed by atoms with Crippen molar-refractivity contribution in [2.45, 2.75) is 20.0 Å². The summed E-state index contributed by atoms with van der Waals surface area (Å²) in [7, 11) is 0. The van der Waals surface area contributed by atoms with Crippen molar-refractivity contribution in [1.82, 2.24) is 4.98 Å². The van der Waals surface area contributed by atoms with E-state index in [1.807, 2.05) is 0 Å². The van der Waals surface area contributed by atoms with E-state index in [-0.39, 0.29) is 11.7 Å². The Morgan fingerprint density at radius 1 is 1.46 bits per heavy atom. The van der Waals surface area contributed by atoms with Crippen LogP contribution in [0.25, 0.3) is 0 Å². The minimum atomic E-state index is -0.722. The number of carbonyl (C=O) groups excluding carboxylic acids is 1. The molecule has 13 heavy (non-hydrogen) atoms. The molecule has 0 spiro atoms. The number of aliphatic hydroxyl groups is 1. The number of pyridine rings is 1. The molecule has 2 atom stereocenters. The van der Waals surface area contributed by atoms with Crippen molar-refractivity contribution in [3.05, 3.63) is 30.1 Å². The van der Waals surface area contributed by atoms with Crippen molar-refractivity contribution in [2.75, 3.05) is 0 Å². The Labute approximate surface area is 77.4 Å². The van der Waals surface area contributed by atoms with Gasteiger partial charge in [0.2, 0.25) is 0 Å². The molecule has 0 bridgehead atoms. The lowest BCUT2D eigenvalue weighted by atomic mass is 9.95. The Bertz CT molecular complexity index is 284. The smallest absolute Gasteiger partial charge is 0.135 e. The number of nitrogens with zero attached hydrogens (tertiary/aromatic N) is 1. The zero-order valence-electron chi connectivity index (χ0n) is 7.77. The highest BCUT2D eigenvalue weighted by Crippen LogP contribution is 2.21. The van der Waals surface area contributed by atoms with Crippen LogP contribution in [0.2, 0.25) is 0 Å². The molecule has 0 aromatic carbocycles. The standard InChI is InChI=1S/C10H13NO2/c1-7(8(2)12)10(13)9-3-5-11-6-4-9/h3-7,10,13H,1-2H3. The van der Waals surface area contributed by atoms with E-state index in [2.05, 4.69) is 4.98 Å². The highest BCUT2D eigenvalue weighted by Gasteiger charge is 2.19. The summed E-state index contributed by atoms with van der Waals surface area (Å²) in [5, 5.41) is 9.71. The molecular weight excluding hydrogens is 166 g/mol. The van der Waals surface area contributed by atoms with Gasteiger partial charge in [-0.25, -0.2) is 0 Å². The minimum Gasteiger partial charge on any atom is -0.388 e. The third-order valence-corrected chi connectivity index (χ3v) is 2.16. The number of carbonyl (C=O) groups is 1. The molecule has 1 aromatic heterocycles. The van der Waals surface area contributed by atoms with Crippen LogP contribution in [0.3, 0.4) is 0 Å². The maximum atomic E-state index is 11.0. The molecule has 1 rings (SSSR count). The Balaban J connectivity index is 2.79. The molecule has 0 saturated carbocycles. The van der Waals surface area contributed by atoms with E-state index in [0.29, 0.717) is 0 Å². The van der Waals surface area contributed by atoms with Gasteiger partial charge in [-0.3, -0.25) is 9.78 Å². The fourth-order valence-electron chi connectivity index (χ4n) is 1.07. The number of aromatic nitrogens is 1. The van der Waals surface area contributed by atoms with Crippen LogP contribution in [-0.2, 0) is 4.79 Å². The molecule has 1 heterocycles. The Hall–Kier alpha value is -1.22. The molecule has 3 heteroatoms. The van der Waals surface area contributed by atoms with Gasteiger partial charge in [0.15, 0.2) is 0 Å². The molecule has 0 aliphatic carbocycles. The number of aliphatic hydroxyl groups excluding tert-OH is 1. The van der Waals surface area contributed by atoms with Crippen LogP contribution in [0, 0.1) is 5.92 Å². The quantitative estimate of drug-likeness (QED) is 0.761. The molecule has 70 valence electrons. The van der Waals surface area contributed by atoms with Gasteiger partial charge in [-0.1, -0.05) is 6.92 Å². The van der Waals surface area contributed by atoms with Gasteiger partial charge in [-0.05, 0) is 24.6 Å². The second kappa shape index (κ2) is 4.14. The summed E-state index contributed by atoms with van der Waals surface area (Å²) in [6.45, 7) is 3.20. The van der Waals surface area contributed by atoms with Crippen LogP contribution in [0.15, 0.2) is 24.5 Å². The Morgan fingerprint density at radius 2 is 2.00 bits per heavy atom. The third kappa shape index (κ3) is 2.36. The molecule has 0 radical (unpaired) electrons. The first-order chi connectivity index (χ1) is 6.13. The van der Waals surface area contributed by atoms with Crippen LogP contribution < -0.4 is 0 Å². The van der Waals surface area contributed by atoms with Gasteiger partial charge in [0, 0.05) is 18.3 Å². The van der Waals surface area contributed by atoms with Crippen LogP contribution in [-0.4, -0.2) is 15.9 Å². The van der Waals surface area contributed by atoms with Crippen LogP contribution in [0.5, 0.6) is 0 Å². The Morgan fingerprint density at radius 3 is 2.46 bits per heavy atom. The minimum absolute atomic E-state index is 0.00990. The number of hydrogen-bond acceptors (Lipinski definition) is 3. The van der Waals surface area contributed by atoms with Gasteiger partial charge in [0.25, 0.3) is 0 Å². The largest absolute Gasteiger partial charge is 0.388 e. The monoisotopic (exact) mass is 179 g/mol. The summed E-state index contributed by atoms with van der Waals surface area (Å²) in [6.07, 6.45) is 2.48. The molecule has 1 aromatic rings. The molecule has 0 amide bonds. The first-order valence-electron chi connectivity index (χ1n) is 4.21. The van der Waals surface area contributed by atoms with Gasteiger partial charge in [0.1, 0.15) is 5.78 Å². The molecule has 2 unspecified atom stereocenters. The summed E-state index contributed by atoms with van der Waals surface area (Å²) in [5.74, 6) is -0.369. The van der Waals surface area contributed by atoms with Crippen molar-refractivity contribution in [2.24, 2.45) is 5.92 Å². The highest BCUT2D eigenvalue weighted by atomic mass is 16.3. The lowest BCUT2D eigenvalue weighted by molar-refractivity contribution is -0.123. The van der Waals surface area contributed by atoms with Gasteiger partial charge in [0.05, 0.1) is 6.10 Å². The average Bonchev–Trinajstić information content (AvgIpc) is 2.17. The van der Waals surface area contributed by atoms with Crippen LogP contribution >= 0.6 is 0 Å². The normalized spacial score (nSPS) is 15.0. The van der Waals surface area contributed by atoms with Crippen molar-refractivity contribution in [3.8, 4) is 0 Å². The maximum absolute atomic E-state index is 11.0. The number of rotatable bonds is 3. The van der Waals surface area contributed by atoms with E-state index < -0.39 is 6.10 Å². The number of hydrogen-bond donors (Lipinski definition) is 1. The predicted molar refractivity (Wildman–Crippen MR) is 49.0 cm³/mol. The lowest BCUT2D eigenvalue weighted by Crippen LogP contribution is -2.16. The van der Waals surface area contributed by atoms with E-state index in [0.717, 1.165) is 5.56 Å². The van der Waals surface area contributed by atoms with E-state index in [9.17, 15) is 9.90 Å². The predicted octanol–water partition coefficient (Wildman–Crippen LogP) is 1.34. The van der Waals surface area contributed by atoms with Crippen molar-refractivity contribution in [3.63, 3.8) is 0 Å². The number of ketones is 1. The highest BCUT2D eigenvalue weighted by molar-refractivity contribution is 5.78. The number of Topliss-reactive ketones (excluding diaryl/α,β-unsaturated/α-hetero) is 1. The van der Waals surface area contributed by atoms with E-state index in [4.69, 9.17) is 0 Å². The van der Waals surface area contributed by atoms with Gasteiger partial charge < -0.3 is 5.11 Å². The SMILES string of the molecule is CC(=O)C(C)C(O)c1ccncc1. The zero-order valence-corrected chi connectivity index (χ0v) is 7.77. The molecular formula is C10H13NO2. The maximum Gasteiger partial charge on any atom is 0.135 e. The van der Waals surface area contributed by atoms with Crippen molar-refractivity contribution < 1.29 is 9.90 Å². The zero-order chi connectivity index (χ0) is 9.84. The molecule has 0 aliphatic rings. The molecule has 0 aliphatic heterocycles. The van der Waals surface area contributed by atoms with E-state index in [1.165, 1.54) is 6.92 Å². The third-order valence-electron chi connectivity index (χ3n) is 2.16. The lowest BCUT2D eigenvalue weighted by Gasteiger charge is -2.15. The molecule has 0 fully saturated rings. The first-order valence-corrected chi connectivity index (χ1v) is 4.21. The first kappa shape index (κ1) is 9.86. The molecule has 1 N–H and O–H groups in total.